The number of methoxy groups -OCH3 is 1. The topological polar surface area (TPSA) is 76.1 Å². The number of nitrogens with zero attached hydrogens (tertiary/aromatic N) is 2. The third-order valence-electron chi connectivity index (χ3n) is 3.94. The van der Waals surface area contributed by atoms with Gasteiger partial charge in [-0.2, -0.15) is 0 Å². The normalized spacial score (nSPS) is 11.5. The molecule has 1 atom stereocenters. The van der Waals surface area contributed by atoms with Gasteiger partial charge in [0, 0.05) is 11.9 Å². The quantitative estimate of drug-likeness (QED) is 0.661. The first-order chi connectivity index (χ1) is 13.1. The van der Waals surface area contributed by atoms with E-state index in [0.717, 1.165) is 5.56 Å². The van der Waals surface area contributed by atoms with Gasteiger partial charge in [0.25, 0.3) is 5.91 Å². The van der Waals surface area contributed by atoms with Crippen LogP contribution < -0.4 is 15.4 Å². The van der Waals surface area contributed by atoms with Crippen molar-refractivity contribution in [1.29, 1.82) is 0 Å². The highest BCUT2D eigenvalue weighted by Gasteiger charge is 2.13. The molecule has 27 heavy (non-hydrogen) atoms. The van der Waals surface area contributed by atoms with Gasteiger partial charge >= 0.3 is 0 Å². The second-order valence-electron chi connectivity index (χ2n) is 5.85. The lowest BCUT2D eigenvalue weighted by molar-refractivity contribution is 0.0935. The summed E-state index contributed by atoms with van der Waals surface area (Å²) >= 11 is 6.12. The van der Waals surface area contributed by atoms with E-state index in [0.29, 0.717) is 22.4 Å². The van der Waals surface area contributed by atoms with Crippen molar-refractivity contribution in [2.24, 2.45) is 0 Å². The standard InChI is InChI=1S/C20H19ClN4O2/c1-13(14-6-4-3-5-7-14)23-19(26)17-10-11-22-20(25-17)24-15-8-9-18(27-2)16(21)12-15/h3-13H,1-2H3,(H,23,26)(H,22,24,25). The minimum atomic E-state index is -0.274. The average molecular weight is 383 g/mol. The van der Waals surface area contributed by atoms with Crippen LogP contribution in [0.25, 0.3) is 0 Å². The Kier molecular flexibility index (Phi) is 5.88. The molecule has 0 spiro atoms. The zero-order valence-corrected chi connectivity index (χ0v) is 15.7. The van der Waals surface area contributed by atoms with Crippen molar-refractivity contribution in [2.75, 3.05) is 12.4 Å². The second kappa shape index (κ2) is 8.51. The Balaban J connectivity index is 1.71. The number of nitrogens with one attached hydrogen (secondary N) is 2. The highest BCUT2D eigenvalue weighted by Crippen LogP contribution is 2.28. The van der Waals surface area contributed by atoms with E-state index >= 15 is 0 Å². The third kappa shape index (κ3) is 4.74. The number of anilines is 2. The van der Waals surface area contributed by atoms with Gasteiger partial charge in [-0.3, -0.25) is 4.79 Å². The summed E-state index contributed by atoms with van der Waals surface area (Å²) in [5.41, 5.74) is 1.98. The first-order valence-corrected chi connectivity index (χ1v) is 8.74. The van der Waals surface area contributed by atoms with E-state index in [1.807, 2.05) is 37.3 Å². The molecule has 0 saturated heterocycles. The number of carbonyl (C=O) groups excluding carboxylic acids is 1. The fourth-order valence-corrected chi connectivity index (χ4v) is 2.77. The first kappa shape index (κ1) is 18.7. The molecule has 0 fully saturated rings. The molecule has 3 aromatic rings. The van der Waals surface area contributed by atoms with E-state index in [1.54, 1.807) is 31.4 Å². The van der Waals surface area contributed by atoms with Gasteiger partial charge in [0.2, 0.25) is 5.95 Å². The Labute approximate surface area is 162 Å². The molecule has 3 rings (SSSR count). The number of carbonyl (C=O) groups is 1. The number of aromatic nitrogens is 2. The van der Waals surface area contributed by atoms with Crippen molar-refractivity contribution in [1.82, 2.24) is 15.3 Å². The number of halogens is 1. The van der Waals surface area contributed by atoms with Gasteiger partial charge in [0.05, 0.1) is 18.2 Å². The molecule has 0 bridgehead atoms. The number of ether oxygens (including phenoxy) is 1. The van der Waals surface area contributed by atoms with Crippen LogP contribution in [0.1, 0.15) is 29.0 Å². The number of hydrogen-bond acceptors (Lipinski definition) is 5. The number of benzene rings is 2. The minimum absolute atomic E-state index is 0.134. The van der Waals surface area contributed by atoms with Gasteiger partial charge in [0.1, 0.15) is 11.4 Å². The van der Waals surface area contributed by atoms with Gasteiger partial charge in [-0.1, -0.05) is 41.9 Å². The molecule has 1 amide bonds. The van der Waals surface area contributed by atoms with Crippen molar-refractivity contribution >= 4 is 29.1 Å². The SMILES string of the molecule is COc1ccc(Nc2nccc(C(=O)NC(C)c3ccccc3)n2)cc1Cl. The van der Waals surface area contributed by atoms with E-state index in [9.17, 15) is 4.79 Å². The highest BCUT2D eigenvalue weighted by atomic mass is 35.5. The van der Waals surface area contributed by atoms with Crippen LogP contribution in [0.4, 0.5) is 11.6 Å². The van der Waals surface area contributed by atoms with E-state index in [1.165, 1.54) is 6.20 Å². The zero-order chi connectivity index (χ0) is 19.2. The van der Waals surface area contributed by atoms with E-state index in [2.05, 4.69) is 20.6 Å². The summed E-state index contributed by atoms with van der Waals surface area (Å²) in [5.74, 6) is 0.604. The molecule has 1 heterocycles. The molecule has 0 saturated carbocycles. The molecule has 0 aliphatic heterocycles. The number of amides is 1. The molecule has 138 valence electrons. The smallest absolute Gasteiger partial charge is 0.270 e. The van der Waals surface area contributed by atoms with E-state index < -0.39 is 0 Å². The van der Waals surface area contributed by atoms with Crippen LogP contribution in [0.15, 0.2) is 60.8 Å². The summed E-state index contributed by atoms with van der Waals surface area (Å²) in [6, 6.07) is 16.4. The third-order valence-corrected chi connectivity index (χ3v) is 4.24. The maximum atomic E-state index is 12.5. The summed E-state index contributed by atoms with van der Waals surface area (Å²) in [6.07, 6.45) is 1.53. The summed E-state index contributed by atoms with van der Waals surface area (Å²) in [6.45, 7) is 1.92. The fourth-order valence-electron chi connectivity index (χ4n) is 2.51. The van der Waals surface area contributed by atoms with Crippen molar-refractivity contribution in [3.8, 4) is 5.75 Å². The van der Waals surface area contributed by atoms with Crippen molar-refractivity contribution in [3.63, 3.8) is 0 Å². The van der Waals surface area contributed by atoms with Crippen LogP contribution in [-0.2, 0) is 0 Å². The van der Waals surface area contributed by atoms with Crippen molar-refractivity contribution < 1.29 is 9.53 Å². The van der Waals surface area contributed by atoms with E-state index in [4.69, 9.17) is 16.3 Å². The largest absolute Gasteiger partial charge is 0.495 e. The Hall–Kier alpha value is -3.12. The van der Waals surface area contributed by atoms with Crippen LogP contribution in [-0.4, -0.2) is 23.0 Å². The maximum Gasteiger partial charge on any atom is 0.270 e. The van der Waals surface area contributed by atoms with Gasteiger partial charge in [-0.15, -0.1) is 0 Å². The van der Waals surface area contributed by atoms with Crippen LogP contribution in [0.3, 0.4) is 0 Å². The van der Waals surface area contributed by atoms with E-state index in [-0.39, 0.29) is 17.6 Å². The van der Waals surface area contributed by atoms with Crippen LogP contribution in [0.5, 0.6) is 5.75 Å². The molecule has 7 heteroatoms. The average Bonchev–Trinajstić information content (AvgIpc) is 2.69. The summed E-state index contributed by atoms with van der Waals surface area (Å²) in [4.78, 5) is 20.9. The molecule has 1 aromatic heterocycles. The van der Waals surface area contributed by atoms with Crippen molar-refractivity contribution in [2.45, 2.75) is 13.0 Å². The lowest BCUT2D eigenvalue weighted by Gasteiger charge is -2.14. The molecule has 2 N–H and O–H groups in total. The van der Waals surface area contributed by atoms with Gasteiger partial charge < -0.3 is 15.4 Å². The van der Waals surface area contributed by atoms with Crippen LogP contribution in [0.2, 0.25) is 5.02 Å². The monoisotopic (exact) mass is 382 g/mol. The Bertz CT molecular complexity index is 934. The molecule has 0 aliphatic rings. The zero-order valence-electron chi connectivity index (χ0n) is 14.9. The first-order valence-electron chi connectivity index (χ1n) is 8.36. The summed E-state index contributed by atoms with van der Waals surface area (Å²) < 4.78 is 5.13. The van der Waals surface area contributed by atoms with Crippen LogP contribution in [0, 0.1) is 0 Å². The Morgan fingerprint density at radius 2 is 1.93 bits per heavy atom. The molecule has 0 radical (unpaired) electrons. The second-order valence-corrected chi connectivity index (χ2v) is 6.25. The summed E-state index contributed by atoms with van der Waals surface area (Å²) in [5, 5.41) is 6.43. The Morgan fingerprint density at radius 3 is 2.63 bits per heavy atom. The number of rotatable bonds is 6. The fraction of sp³-hybridized carbons (Fsp3) is 0.150. The molecule has 6 nitrogen and oxygen atoms in total. The lowest BCUT2D eigenvalue weighted by Crippen LogP contribution is -2.27. The van der Waals surface area contributed by atoms with Gasteiger partial charge in [-0.25, -0.2) is 9.97 Å². The Morgan fingerprint density at radius 1 is 1.15 bits per heavy atom. The van der Waals surface area contributed by atoms with Crippen LogP contribution >= 0.6 is 11.6 Å². The predicted molar refractivity (Wildman–Crippen MR) is 106 cm³/mol. The van der Waals surface area contributed by atoms with Gasteiger partial charge in [0.15, 0.2) is 0 Å². The minimum Gasteiger partial charge on any atom is -0.495 e. The molecular formula is C20H19ClN4O2. The molecule has 1 unspecified atom stereocenters. The predicted octanol–water partition coefficient (Wildman–Crippen LogP) is 4.37. The van der Waals surface area contributed by atoms with Crippen molar-refractivity contribution in [3.05, 3.63) is 77.1 Å². The highest BCUT2D eigenvalue weighted by molar-refractivity contribution is 6.32. The molecule has 0 aliphatic carbocycles. The number of hydrogen-bond donors (Lipinski definition) is 2. The molecule has 2 aromatic carbocycles. The van der Waals surface area contributed by atoms with Gasteiger partial charge in [-0.05, 0) is 36.8 Å². The molecular weight excluding hydrogens is 364 g/mol. The maximum absolute atomic E-state index is 12.5. The lowest BCUT2D eigenvalue weighted by atomic mass is 10.1. The summed E-state index contributed by atoms with van der Waals surface area (Å²) in [7, 11) is 1.55.